The van der Waals surface area contributed by atoms with E-state index in [1.54, 1.807) is 6.20 Å². The van der Waals surface area contributed by atoms with Crippen molar-refractivity contribution in [3.63, 3.8) is 0 Å². The van der Waals surface area contributed by atoms with E-state index in [9.17, 15) is 4.79 Å². The molecule has 1 aromatic heterocycles. The van der Waals surface area contributed by atoms with Crippen LogP contribution in [-0.2, 0) is 4.79 Å². The maximum atomic E-state index is 12.4. The molecule has 2 rings (SSSR count). The van der Waals surface area contributed by atoms with E-state index in [1.807, 2.05) is 17.7 Å². The Kier molecular flexibility index (Phi) is 4.81. The predicted molar refractivity (Wildman–Crippen MR) is 80.7 cm³/mol. The molecule has 1 saturated heterocycles. The zero-order valence-corrected chi connectivity index (χ0v) is 13.0. The molecule has 1 fully saturated rings. The molecule has 5 heteroatoms. The van der Waals surface area contributed by atoms with Crippen LogP contribution in [0.15, 0.2) is 12.3 Å². The van der Waals surface area contributed by atoms with Gasteiger partial charge in [-0.3, -0.25) is 9.69 Å². The molecule has 20 heavy (non-hydrogen) atoms. The average Bonchev–Trinajstić information content (AvgIpc) is 2.87. The highest BCUT2D eigenvalue weighted by atomic mass is 16.2. The van der Waals surface area contributed by atoms with Crippen molar-refractivity contribution in [2.45, 2.75) is 52.6 Å². The molecule has 0 spiro atoms. The van der Waals surface area contributed by atoms with Gasteiger partial charge in [0.1, 0.15) is 5.82 Å². The van der Waals surface area contributed by atoms with Crippen molar-refractivity contribution in [3.05, 3.63) is 12.3 Å². The highest BCUT2D eigenvalue weighted by molar-refractivity contribution is 5.93. The summed E-state index contributed by atoms with van der Waals surface area (Å²) in [5.74, 6) is 1.62. The molecule has 1 aliphatic rings. The molecule has 0 saturated carbocycles. The Labute approximate surface area is 121 Å². The van der Waals surface area contributed by atoms with Crippen molar-refractivity contribution in [2.75, 3.05) is 18.4 Å². The second-order valence-electron chi connectivity index (χ2n) is 6.14. The smallest absolute Gasteiger partial charge is 0.242 e. The number of amides is 1. The minimum atomic E-state index is -0.0852. The van der Waals surface area contributed by atoms with Crippen LogP contribution in [0.25, 0.3) is 0 Å². The molecule has 1 aromatic rings. The van der Waals surface area contributed by atoms with Gasteiger partial charge in [0.15, 0.2) is 0 Å². The highest BCUT2D eigenvalue weighted by Crippen LogP contribution is 2.19. The Balaban J connectivity index is 1.95. The number of hydrogen-bond donors (Lipinski definition) is 1. The minimum Gasteiger partial charge on any atom is -0.310 e. The number of nitrogens with zero attached hydrogens (tertiary/aromatic N) is 3. The van der Waals surface area contributed by atoms with E-state index in [2.05, 4.69) is 36.1 Å². The van der Waals surface area contributed by atoms with Gasteiger partial charge < -0.3 is 5.32 Å². The number of nitrogens with one attached hydrogen (secondary N) is 1. The molecule has 1 atom stereocenters. The fourth-order valence-corrected chi connectivity index (χ4v) is 2.64. The van der Waals surface area contributed by atoms with Crippen LogP contribution in [-0.4, -0.2) is 39.7 Å². The summed E-state index contributed by atoms with van der Waals surface area (Å²) >= 11 is 0. The maximum absolute atomic E-state index is 12.4. The molecule has 0 bridgehead atoms. The standard InChI is InChI=1S/C15H26N4O/c1-11(2)19-14(5-8-16-19)17-15(20)13(4)18-9-6-12(3)7-10-18/h5,8,11-13H,6-7,9-10H2,1-4H3,(H,17,20)/t13-/m1/s1. The van der Waals surface area contributed by atoms with E-state index < -0.39 is 0 Å². The van der Waals surface area contributed by atoms with E-state index in [4.69, 9.17) is 0 Å². The van der Waals surface area contributed by atoms with Gasteiger partial charge in [-0.1, -0.05) is 6.92 Å². The van der Waals surface area contributed by atoms with Gasteiger partial charge in [-0.25, -0.2) is 4.68 Å². The first-order valence-corrected chi connectivity index (χ1v) is 7.57. The molecule has 0 aromatic carbocycles. The van der Waals surface area contributed by atoms with Gasteiger partial charge in [0.25, 0.3) is 0 Å². The lowest BCUT2D eigenvalue weighted by atomic mass is 9.98. The molecule has 1 N–H and O–H groups in total. The summed E-state index contributed by atoms with van der Waals surface area (Å²) < 4.78 is 1.84. The van der Waals surface area contributed by atoms with Crippen molar-refractivity contribution < 1.29 is 4.79 Å². The van der Waals surface area contributed by atoms with Crippen molar-refractivity contribution in [1.82, 2.24) is 14.7 Å². The number of piperidine rings is 1. The minimum absolute atomic E-state index is 0.0574. The van der Waals surface area contributed by atoms with E-state index in [0.717, 1.165) is 24.8 Å². The quantitative estimate of drug-likeness (QED) is 0.920. The van der Waals surface area contributed by atoms with E-state index in [0.29, 0.717) is 0 Å². The topological polar surface area (TPSA) is 50.2 Å². The molecule has 0 radical (unpaired) electrons. The Morgan fingerprint density at radius 2 is 2.00 bits per heavy atom. The maximum Gasteiger partial charge on any atom is 0.242 e. The van der Waals surface area contributed by atoms with Crippen LogP contribution in [0, 0.1) is 5.92 Å². The number of hydrogen-bond acceptors (Lipinski definition) is 3. The molecular weight excluding hydrogens is 252 g/mol. The summed E-state index contributed by atoms with van der Waals surface area (Å²) in [5, 5.41) is 7.24. The number of likely N-dealkylation sites (tertiary alicyclic amines) is 1. The molecule has 0 unspecified atom stereocenters. The number of aromatic nitrogens is 2. The summed E-state index contributed by atoms with van der Waals surface area (Å²) in [6, 6.07) is 2.01. The second kappa shape index (κ2) is 6.39. The van der Waals surface area contributed by atoms with Crippen molar-refractivity contribution >= 4 is 11.7 Å². The first-order chi connectivity index (χ1) is 9.49. The van der Waals surface area contributed by atoms with Crippen molar-refractivity contribution in [3.8, 4) is 0 Å². The third-order valence-electron chi connectivity index (χ3n) is 4.16. The fourth-order valence-electron chi connectivity index (χ4n) is 2.64. The highest BCUT2D eigenvalue weighted by Gasteiger charge is 2.25. The van der Waals surface area contributed by atoms with Crippen LogP contribution >= 0.6 is 0 Å². The summed E-state index contributed by atoms with van der Waals surface area (Å²) in [5.41, 5.74) is 0. The Bertz CT molecular complexity index is 446. The first kappa shape index (κ1) is 15.0. The van der Waals surface area contributed by atoms with Crippen molar-refractivity contribution in [2.24, 2.45) is 5.92 Å². The van der Waals surface area contributed by atoms with Gasteiger partial charge in [-0.15, -0.1) is 0 Å². The summed E-state index contributed by atoms with van der Waals surface area (Å²) in [6.45, 7) is 10.4. The van der Waals surface area contributed by atoms with Crippen LogP contribution in [0.2, 0.25) is 0 Å². The lowest BCUT2D eigenvalue weighted by Gasteiger charge is -2.34. The SMILES string of the molecule is CC1CCN([C@H](C)C(=O)Nc2ccnn2C(C)C)CC1. The normalized spacial score (nSPS) is 19.2. The van der Waals surface area contributed by atoms with Crippen LogP contribution < -0.4 is 5.32 Å². The fraction of sp³-hybridized carbons (Fsp3) is 0.733. The average molecular weight is 278 g/mol. The molecule has 1 aliphatic heterocycles. The van der Waals surface area contributed by atoms with Crippen LogP contribution in [0.5, 0.6) is 0 Å². The number of carbonyl (C=O) groups excluding carboxylic acids is 1. The monoisotopic (exact) mass is 278 g/mol. The largest absolute Gasteiger partial charge is 0.310 e. The predicted octanol–water partition coefficient (Wildman–Crippen LogP) is 2.52. The van der Waals surface area contributed by atoms with Gasteiger partial charge in [-0.2, -0.15) is 5.10 Å². The Morgan fingerprint density at radius 1 is 1.35 bits per heavy atom. The van der Waals surface area contributed by atoms with Crippen molar-refractivity contribution in [1.29, 1.82) is 0 Å². The third-order valence-corrected chi connectivity index (χ3v) is 4.16. The van der Waals surface area contributed by atoms with E-state index >= 15 is 0 Å². The van der Waals surface area contributed by atoms with Gasteiger partial charge in [-0.05, 0) is 52.6 Å². The van der Waals surface area contributed by atoms with Crippen LogP contribution in [0.3, 0.4) is 0 Å². The van der Waals surface area contributed by atoms with E-state index in [1.165, 1.54) is 12.8 Å². The zero-order valence-electron chi connectivity index (χ0n) is 13.0. The molecule has 1 amide bonds. The first-order valence-electron chi connectivity index (χ1n) is 7.57. The van der Waals surface area contributed by atoms with Crippen LogP contribution in [0.1, 0.15) is 46.6 Å². The second-order valence-corrected chi connectivity index (χ2v) is 6.14. The number of rotatable bonds is 4. The number of anilines is 1. The molecule has 5 nitrogen and oxygen atoms in total. The summed E-state index contributed by atoms with van der Waals surface area (Å²) in [6.07, 6.45) is 4.09. The zero-order chi connectivity index (χ0) is 14.7. The van der Waals surface area contributed by atoms with Gasteiger partial charge in [0.05, 0.1) is 12.2 Å². The van der Waals surface area contributed by atoms with Gasteiger partial charge >= 0.3 is 0 Å². The molecular formula is C15H26N4O. The lowest BCUT2D eigenvalue weighted by Crippen LogP contribution is -2.46. The number of carbonyl (C=O) groups is 1. The van der Waals surface area contributed by atoms with E-state index in [-0.39, 0.29) is 18.0 Å². The summed E-state index contributed by atoms with van der Waals surface area (Å²) in [7, 11) is 0. The molecule has 2 heterocycles. The lowest BCUT2D eigenvalue weighted by molar-refractivity contribution is -0.121. The van der Waals surface area contributed by atoms with Crippen LogP contribution in [0.4, 0.5) is 5.82 Å². The Hall–Kier alpha value is -1.36. The third kappa shape index (κ3) is 3.39. The molecule has 0 aliphatic carbocycles. The van der Waals surface area contributed by atoms with Gasteiger partial charge in [0, 0.05) is 12.1 Å². The summed E-state index contributed by atoms with van der Waals surface area (Å²) in [4.78, 5) is 14.6. The molecule has 112 valence electrons. The van der Waals surface area contributed by atoms with Gasteiger partial charge in [0.2, 0.25) is 5.91 Å². The Morgan fingerprint density at radius 3 is 2.60 bits per heavy atom.